The Hall–Kier alpha value is -3.45. The number of aryl methyl sites for hydroxylation is 3. The van der Waals surface area contributed by atoms with E-state index in [4.69, 9.17) is 9.15 Å². The molecule has 160 valence electrons. The minimum atomic E-state index is -0.626. The molecule has 1 aliphatic heterocycles. The molecule has 1 saturated heterocycles. The second-order valence-electron chi connectivity index (χ2n) is 7.50. The highest BCUT2D eigenvalue weighted by molar-refractivity contribution is 6.04. The van der Waals surface area contributed by atoms with Gasteiger partial charge in [-0.2, -0.15) is 0 Å². The number of benzene rings is 1. The van der Waals surface area contributed by atoms with Crippen LogP contribution in [0.5, 0.6) is 0 Å². The number of morpholine rings is 1. The van der Waals surface area contributed by atoms with Gasteiger partial charge in [-0.15, -0.1) is 0 Å². The van der Waals surface area contributed by atoms with Gasteiger partial charge in [0, 0.05) is 19.5 Å². The van der Waals surface area contributed by atoms with Gasteiger partial charge in [0.25, 0.3) is 5.91 Å². The molecule has 7 nitrogen and oxygen atoms in total. The Morgan fingerprint density at radius 3 is 2.55 bits per heavy atom. The van der Waals surface area contributed by atoms with Gasteiger partial charge in [-0.3, -0.25) is 4.79 Å². The van der Waals surface area contributed by atoms with Crippen LogP contribution in [0.2, 0.25) is 0 Å². The number of nitrogens with one attached hydrogen (secondary N) is 1. The van der Waals surface area contributed by atoms with E-state index >= 15 is 0 Å². The van der Waals surface area contributed by atoms with E-state index in [1.54, 1.807) is 25.3 Å². The number of pyridine rings is 1. The van der Waals surface area contributed by atoms with Crippen molar-refractivity contribution in [2.24, 2.45) is 0 Å². The molecule has 0 unspecified atom stereocenters. The van der Waals surface area contributed by atoms with Crippen molar-refractivity contribution in [3.8, 4) is 0 Å². The van der Waals surface area contributed by atoms with Crippen molar-refractivity contribution in [3.63, 3.8) is 0 Å². The van der Waals surface area contributed by atoms with Gasteiger partial charge < -0.3 is 19.4 Å². The number of rotatable bonds is 6. The van der Waals surface area contributed by atoms with Crippen LogP contribution in [0.25, 0.3) is 0 Å². The van der Waals surface area contributed by atoms with E-state index < -0.39 is 11.5 Å². The van der Waals surface area contributed by atoms with Crippen molar-refractivity contribution in [1.29, 1.82) is 0 Å². The first kappa shape index (κ1) is 20.8. The topological polar surface area (TPSA) is 84.7 Å². The van der Waals surface area contributed by atoms with Crippen molar-refractivity contribution in [3.05, 3.63) is 87.6 Å². The maximum Gasteiger partial charge on any atom is 0.349 e. The molecule has 3 heterocycles. The van der Waals surface area contributed by atoms with E-state index in [1.165, 1.54) is 0 Å². The zero-order valence-electron chi connectivity index (χ0n) is 17.5. The summed E-state index contributed by atoms with van der Waals surface area (Å²) in [6, 6.07) is 15.4. The van der Waals surface area contributed by atoms with Gasteiger partial charge in [-0.25, -0.2) is 9.78 Å². The van der Waals surface area contributed by atoms with Crippen LogP contribution >= 0.6 is 0 Å². The van der Waals surface area contributed by atoms with Crippen molar-refractivity contribution in [2.45, 2.75) is 19.8 Å². The van der Waals surface area contributed by atoms with Crippen LogP contribution in [0.15, 0.2) is 63.9 Å². The summed E-state index contributed by atoms with van der Waals surface area (Å²) in [6.07, 6.45) is 2.94. The smallest absolute Gasteiger partial charge is 0.349 e. The van der Waals surface area contributed by atoms with Gasteiger partial charge in [-0.1, -0.05) is 30.3 Å². The molecule has 0 aliphatic carbocycles. The largest absolute Gasteiger partial charge is 0.427 e. The molecule has 1 N–H and O–H groups in total. The zero-order valence-corrected chi connectivity index (χ0v) is 17.5. The molecule has 4 rings (SSSR count). The quantitative estimate of drug-likeness (QED) is 0.660. The van der Waals surface area contributed by atoms with Crippen molar-refractivity contribution < 1.29 is 13.9 Å². The summed E-state index contributed by atoms with van der Waals surface area (Å²) in [6.45, 7) is 4.68. The highest BCUT2D eigenvalue weighted by Gasteiger charge is 2.18. The third-order valence-electron chi connectivity index (χ3n) is 5.27. The fourth-order valence-corrected chi connectivity index (χ4v) is 3.61. The molecule has 0 saturated carbocycles. The van der Waals surface area contributed by atoms with Crippen LogP contribution in [-0.2, 0) is 17.6 Å². The van der Waals surface area contributed by atoms with Gasteiger partial charge in [0.15, 0.2) is 0 Å². The Labute approximate surface area is 180 Å². The Morgan fingerprint density at radius 2 is 1.87 bits per heavy atom. The number of ether oxygens (including phenoxy) is 1. The zero-order chi connectivity index (χ0) is 21.6. The van der Waals surface area contributed by atoms with Crippen LogP contribution in [0.4, 0.5) is 11.5 Å². The lowest BCUT2D eigenvalue weighted by atomic mass is 10.1. The van der Waals surface area contributed by atoms with Crippen molar-refractivity contribution in [2.75, 3.05) is 36.5 Å². The van der Waals surface area contributed by atoms with Gasteiger partial charge >= 0.3 is 5.63 Å². The minimum absolute atomic E-state index is 0.0146. The third kappa shape index (κ3) is 5.19. The standard InChI is InChI=1S/C24H25N3O4/c1-17-15-20(9-7-18-5-3-2-4-6-18)31-24(29)22(17)23(28)26-19-8-10-21(25-16-19)27-11-13-30-14-12-27/h2-6,8,10,15-16H,7,9,11-14H2,1H3,(H,26,28). The lowest BCUT2D eigenvalue weighted by Crippen LogP contribution is -2.36. The molecule has 0 bridgehead atoms. The van der Waals surface area contributed by atoms with E-state index in [2.05, 4.69) is 15.2 Å². The van der Waals surface area contributed by atoms with Crippen molar-refractivity contribution >= 4 is 17.4 Å². The number of carbonyl (C=O) groups is 1. The molecule has 1 aromatic carbocycles. The first-order valence-electron chi connectivity index (χ1n) is 10.4. The molecule has 1 amide bonds. The first-order chi connectivity index (χ1) is 15.1. The predicted molar refractivity (Wildman–Crippen MR) is 119 cm³/mol. The first-order valence-corrected chi connectivity index (χ1v) is 10.4. The summed E-state index contributed by atoms with van der Waals surface area (Å²) in [5.41, 5.74) is 1.67. The second kappa shape index (κ2) is 9.57. The number of anilines is 2. The highest BCUT2D eigenvalue weighted by Crippen LogP contribution is 2.17. The van der Waals surface area contributed by atoms with Gasteiger partial charge in [-0.05, 0) is 42.7 Å². The number of hydrogen-bond acceptors (Lipinski definition) is 6. The fraction of sp³-hybridized carbons (Fsp3) is 0.292. The summed E-state index contributed by atoms with van der Waals surface area (Å²) in [4.78, 5) is 31.8. The molecule has 1 aliphatic rings. The SMILES string of the molecule is Cc1cc(CCc2ccccc2)oc(=O)c1C(=O)Nc1ccc(N2CCOCC2)nc1. The molecule has 3 aromatic rings. The molecule has 0 spiro atoms. The molecule has 7 heteroatoms. The maximum atomic E-state index is 12.7. The van der Waals surface area contributed by atoms with Crippen LogP contribution in [0.1, 0.15) is 27.2 Å². The minimum Gasteiger partial charge on any atom is -0.427 e. The summed E-state index contributed by atoms with van der Waals surface area (Å²) >= 11 is 0. The number of amides is 1. The molecule has 2 aromatic heterocycles. The van der Waals surface area contributed by atoms with E-state index in [-0.39, 0.29) is 5.56 Å². The van der Waals surface area contributed by atoms with Crippen molar-refractivity contribution in [1.82, 2.24) is 4.98 Å². The average molecular weight is 419 g/mol. The molecule has 1 fully saturated rings. The van der Waals surface area contributed by atoms with E-state index in [0.29, 0.717) is 36.6 Å². The monoisotopic (exact) mass is 419 g/mol. The molecule has 0 atom stereocenters. The Balaban J connectivity index is 1.42. The van der Waals surface area contributed by atoms with Gasteiger partial charge in [0.2, 0.25) is 0 Å². The number of aromatic nitrogens is 1. The Bertz CT molecular complexity index is 1090. The predicted octanol–water partition coefficient (Wildman–Crippen LogP) is 3.22. The summed E-state index contributed by atoms with van der Waals surface area (Å²) in [5.74, 6) is 0.904. The lowest BCUT2D eigenvalue weighted by Gasteiger charge is -2.27. The van der Waals surface area contributed by atoms with Crippen LogP contribution in [-0.4, -0.2) is 37.2 Å². The fourth-order valence-electron chi connectivity index (χ4n) is 3.61. The van der Waals surface area contributed by atoms with Gasteiger partial charge in [0.05, 0.1) is 25.1 Å². The number of hydrogen-bond donors (Lipinski definition) is 1. The van der Waals surface area contributed by atoms with E-state index in [1.807, 2.05) is 36.4 Å². The highest BCUT2D eigenvalue weighted by atomic mass is 16.5. The van der Waals surface area contributed by atoms with E-state index in [0.717, 1.165) is 30.9 Å². The molecular formula is C24H25N3O4. The molecular weight excluding hydrogens is 394 g/mol. The third-order valence-corrected chi connectivity index (χ3v) is 5.27. The van der Waals surface area contributed by atoms with Crippen LogP contribution in [0, 0.1) is 6.92 Å². The number of carbonyl (C=O) groups excluding carboxylic acids is 1. The van der Waals surface area contributed by atoms with Gasteiger partial charge in [0.1, 0.15) is 17.1 Å². The lowest BCUT2D eigenvalue weighted by molar-refractivity contribution is 0.102. The normalized spacial score (nSPS) is 13.8. The average Bonchev–Trinajstić information content (AvgIpc) is 2.79. The number of nitrogens with zero attached hydrogens (tertiary/aromatic N) is 2. The second-order valence-corrected chi connectivity index (χ2v) is 7.50. The van der Waals surface area contributed by atoms with Crippen LogP contribution < -0.4 is 15.8 Å². The van der Waals surface area contributed by atoms with E-state index in [9.17, 15) is 9.59 Å². The summed E-state index contributed by atoms with van der Waals surface area (Å²) in [5, 5.41) is 2.74. The molecule has 31 heavy (non-hydrogen) atoms. The summed E-state index contributed by atoms with van der Waals surface area (Å²) < 4.78 is 10.8. The van der Waals surface area contributed by atoms with Crippen LogP contribution in [0.3, 0.4) is 0 Å². The summed E-state index contributed by atoms with van der Waals surface area (Å²) in [7, 11) is 0. The maximum absolute atomic E-state index is 12.7. The molecule has 0 radical (unpaired) electrons. The Kier molecular flexibility index (Phi) is 6.43. The Morgan fingerprint density at radius 1 is 1.10 bits per heavy atom.